The Morgan fingerprint density at radius 3 is 2.40 bits per heavy atom. The summed E-state index contributed by atoms with van der Waals surface area (Å²) in [4.78, 5) is 26.2. The summed E-state index contributed by atoms with van der Waals surface area (Å²) in [5, 5.41) is 0. The van der Waals surface area contributed by atoms with Crippen LogP contribution in [0.4, 0.5) is 0 Å². The van der Waals surface area contributed by atoms with Gasteiger partial charge in [-0.15, -0.1) is 0 Å². The van der Waals surface area contributed by atoms with Gasteiger partial charge in [0.15, 0.2) is 5.78 Å². The van der Waals surface area contributed by atoms with Crippen LogP contribution >= 0.6 is 0 Å². The van der Waals surface area contributed by atoms with Gasteiger partial charge in [0.25, 0.3) is 0 Å². The predicted octanol–water partition coefficient (Wildman–Crippen LogP) is 5.70. The Balaban J connectivity index is 2.23. The molecule has 2 aromatic rings. The summed E-state index contributed by atoms with van der Waals surface area (Å²) in [7, 11) is 1.66. The first-order chi connectivity index (χ1) is 14.4. The molecule has 0 aromatic heterocycles. The standard InChI is InChI=1S/C26H31NO3/c1-6-10-24(28)27(8-3)18-20-13-15-21(16-14-20)26(30-5)23-12-9-11-22(17-23)25(29)19(4)7-2/h6,8-17,19,26H,3,7,18H2,1-2,4-5H3/b10-6-. The van der Waals surface area contributed by atoms with Crippen molar-refractivity contribution < 1.29 is 14.3 Å². The van der Waals surface area contributed by atoms with Crippen LogP contribution in [0.5, 0.6) is 0 Å². The average Bonchev–Trinajstić information content (AvgIpc) is 2.78. The lowest BCUT2D eigenvalue weighted by Crippen LogP contribution is -2.22. The molecule has 2 unspecified atom stereocenters. The number of Topliss-reactive ketones (excluding diaryl/α,β-unsaturated/α-hetero) is 1. The van der Waals surface area contributed by atoms with Crippen molar-refractivity contribution in [1.82, 2.24) is 4.90 Å². The predicted molar refractivity (Wildman–Crippen MR) is 121 cm³/mol. The molecule has 0 N–H and O–H groups in total. The molecule has 30 heavy (non-hydrogen) atoms. The third kappa shape index (κ3) is 5.77. The highest BCUT2D eigenvalue weighted by Crippen LogP contribution is 2.27. The van der Waals surface area contributed by atoms with Gasteiger partial charge in [-0.05, 0) is 42.2 Å². The molecule has 1 amide bonds. The Labute approximate surface area is 179 Å². The highest BCUT2D eigenvalue weighted by molar-refractivity contribution is 5.97. The van der Waals surface area contributed by atoms with Gasteiger partial charge in [-0.3, -0.25) is 9.59 Å². The number of ether oxygens (including phenoxy) is 1. The van der Waals surface area contributed by atoms with Gasteiger partial charge in [-0.1, -0.05) is 69.0 Å². The number of amides is 1. The molecule has 2 aromatic carbocycles. The highest BCUT2D eigenvalue weighted by Gasteiger charge is 2.18. The van der Waals surface area contributed by atoms with E-state index >= 15 is 0 Å². The van der Waals surface area contributed by atoms with Crippen molar-refractivity contribution in [2.75, 3.05) is 7.11 Å². The molecule has 0 aliphatic carbocycles. The summed E-state index contributed by atoms with van der Waals surface area (Å²) in [6, 6.07) is 15.6. The van der Waals surface area contributed by atoms with Crippen LogP contribution < -0.4 is 0 Å². The Hall–Kier alpha value is -2.98. The number of allylic oxidation sites excluding steroid dienone is 1. The monoisotopic (exact) mass is 405 g/mol. The molecule has 0 aliphatic heterocycles. The van der Waals surface area contributed by atoms with Crippen LogP contribution in [-0.4, -0.2) is 23.7 Å². The Morgan fingerprint density at radius 2 is 1.83 bits per heavy atom. The number of benzene rings is 2. The molecule has 2 rings (SSSR count). The van der Waals surface area contributed by atoms with E-state index in [2.05, 4.69) is 6.58 Å². The van der Waals surface area contributed by atoms with Crippen LogP contribution in [0.1, 0.15) is 60.3 Å². The molecule has 0 fully saturated rings. The lowest BCUT2D eigenvalue weighted by Gasteiger charge is -2.19. The first-order valence-electron chi connectivity index (χ1n) is 10.3. The van der Waals surface area contributed by atoms with Gasteiger partial charge in [-0.25, -0.2) is 0 Å². The smallest absolute Gasteiger partial charge is 0.250 e. The number of hydrogen-bond donors (Lipinski definition) is 0. The van der Waals surface area contributed by atoms with Gasteiger partial charge >= 0.3 is 0 Å². The van der Waals surface area contributed by atoms with Crippen molar-refractivity contribution in [2.24, 2.45) is 5.92 Å². The molecule has 0 heterocycles. The second kappa shape index (κ2) is 11.3. The summed E-state index contributed by atoms with van der Waals surface area (Å²) in [5.74, 6) is 0.0487. The maximum Gasteiger partial charge on any atom is 0.250 e. The van der Waals surface area contributed by atoms with Gasteiger partial charge in [0, 0.05) is 24.8 Å². The molecule has 0 spiro atoms. The molecule has 0 aliphatic rings. The molecule has 0 bridgehead atoms. The minimum absolute atomic E-state index is 0.00130. The third-order valence-corrected chi connectivity index (χ3v) is 5.22. The maximum absolute atomic E-state index is 12.6. The Morgan fingerprint density at radius 1 is 1.13 bits per heavy atom. The fourth-order valence-electron chi connectivity index (χ4n) is 3.25. The Kier molecular flexibility index (Phi) is 8.75. The van der Waals surface area contributed by atoms with Crippen LogP contribution in [0, 0.1) is 5.92 Å². The minimum atomic E-state index is -0.274. The molecule has 0 saturated carbocycles. The summed E-state index contributed by atoms with van der Waals surface area (Å²) < 4.78 is 5.76. The van der Waals surface area contributed by atoms with Crippen molar-refractivity contribution in [2.45, 2.75) is 39.8 Å². The van der Waals surface area contributed by atoms with Crippen LogP contribution in [-0.2, 0) is 16.1 Å². The van der Waals surface area contributed by atoms with Crippen molar-refractivity contribution in [3.63, 3.8) is 0 Å². The molecular formula is C26H31NO3. The summed E-state index contributed by atoms with van der Waals surface area (Å²) in [6.45, 7) is 9.95. The minimum Gasteiger partial charge on any atom is -0.372 e. The van der Waals surface area contributed by atoms with Gasteiger partial charge < -0.3 is 9.64 Å². The first kappa shape index (κ1) is 23.3. The van der Waals surface area contributed by atoms with E-state index in [1.165, 1.54) is 12.3 Å². The molecular weight excluding hydrogens is 374 g/mol. The third-order valence-electron chi connectivity index (χ3n) is 5.22. The largest absolute Gasteiger partial charge is 0.372 e. The lowest BCUT2D eigenvalue weighted by molar-refractivity contribution is -0.124. The maximum atomic E-state index is 12.6. The van der Waals surface area contributed by atoms with E-state index in [1.54, 1.807) is 18.1 Å². The number of carbonyl (C=O) groups is 2. The summed E-state index contributed by atoms with van der Waals surface area (Å²) >= 11 is 0. The lowest BCUT2D eigenvalue weighted by atomic mass is 9.93. The van der Waals surface area contributed by atoms with Crippen molar-refractivity contribution in [1.29, 1.82) is 0 Å². The normalized spacial score (nSPS) is 13.1. The van der Waals surface area contributed by atoms with Crippen molar-refractivity contribution >= 4 is 11.7 Å². The van der Waals surface area contributed by atoms with E-state index in [1.807, 2.05) is 69.3 Å². The van der Waals surface area contributed by atoms with Gasteiger partial charge in [-0.2, -0.15) is 0 Å². The van der Waals surface area contributed by atoms with Crippen LogP contribution in [0.25, 0.3) is 0 Å². The van der Waals surface area contributed by atoms with E-state index in [-0.39, 0.29) is 23.7 Å². The van der Waals surface area contributed by atoms with Crippen LogP contribution in [0.3, 0.4) is 0 Å². The van der Waals surface area contributed by atoms with E-state index < -0.39 is 0 Å². The number of hydrogen-bond acceptors (Lipinski definition) is 3. The highest BCUT2D eigenvalue weighted by atomic mass is 16.5. The van der Waals surface area contributed by atoms with Crippen LogP contribution in [0.15, 0.2) is 73.5 Å². The zero-order valence-corrected chi connectivity index (χ0v) is 18.3. The number of methoxy groups -OCH3 is 1. The van der Waals surface area contributed by atoms with Gasteiger partial charge in [0.1, 0.15) is 6.10 Å². The zero-order chi connectivity index (χ0) is 22.1. The fraction of sp³-hybridized carbons (Fsp3) is 0.308. The number of nitrogens with zero attached hydrogens (tertiary/aromatic N) is 1. The van der Waals surface area contributed by atoms with E-state index in [0.29, 0.717) is 12.1 Å². The van der Waals surface area contributed by atoms with Gasteiger partial charge in [0.05, 0.1) is 6.54 Å². The second-order valence-electron chi connectivity index (χ2n) is 7.31. The molecule has 0 radical (unpaired) electrons. The average molecular weight is 406 g/mol. The van der Waals surface area contributed by atoms with E-state index in [0.717, 1.165) is 23.1 Å². The second-order valence-corrected chi connectivity index (χ2v) is 7.31. The van der Waals surface area contributed by atoms with Crippen molar-refractivity contribution in [3.05, 3.63) is 95.7 Å². The quantitative estimate of drug-likeness (QED) is 0.376. The van der Waals surface area contributed by atoms with E-state index in [4.69, 9.17) is 4.74 Å². The molecule has 4 heteroatoms. The fourth-order valence-corrected chi connectivity index (χ4v) is 3.25. The molecule has 158 valence electrons. The topological polar surface area (TPSA) is 46.6 Å². The SMILES string of the molecule is C=CN(Cc1ccc(C(OC)c2cccc(C(=O)C(C)CC)c2)cc1)C(=O)/C=C\C. The van der Waals surface area contributed by atoms with Crippen molar-refractivity contribution in [3.8, 4) is 0 Å². The molecule has 2 atom stereocenters. The number of carbonyl (C=O) groups excluding carboxylic acids is 2. The number of rotatable bonds is 10. The number of ketones is 1. The summed E-state index contributed by atoms with van der Waals surface area (Å²) in [5.41, 5.74) is 3.63. The summed E-state index contributed by atoms with van der Waals surface area (Å²) in [6.07, 6.45) is 5.31. The van der Waals surface area contributed by atoms with Gasteiger partial charge in [0.2, 0.25) is 5.91 Å². The first-order valence-corrected chi connectivity index (χ1v) is 10.3. The van der Waals surface area contributed by atoms with E-state index in [9.17, 15) is 9.59 Å². The zero-order valence-electron chi connectivity index (χ0n) is 18.3. The molecule has 4 nitrogen and oxygen atoms in total. The molecule has 0 saturated heterocycles. The van der Waals surface area contributed by atoms with Crippen LogP contribution in [0.2, 0.25) is 0 Å². The Bertz CT molecular complexity index is 899.